The minimum atomic E-state index is -5.08. The van der Waals surface area contributed by atoms with Crippen molar-refractivity contribution in [2.24, 2.45) is 17.3 Å². The smallest absolute Gasteiger partial charge is 0.475 e. The molecule has 0 unspecified atom stereocenters. The number of carbonyl (C=O) groups is 2. The number of rotatable bonds is 6. The Labute approximate surface area is 192 Å². The van der Waals surface area contributed by atoms with Crippen LogP contribution in [0.5, 0.6) is 0 Å². The SMILES string of the molecule is COC[C@H]1CN(CC2CC2)C[C@@]12CCN(C(=O)Cc1ccccc1C)C2.O=C(O)C(F)(F)F. The quantitative estimate of drug-likeness (QED) is 0.691. The Morgan fingerprint density at radius 2 is 1.88 bits per heavy atom. The zero-order chi connectivity index (χ0) is 24.2. The molecule has 0 radical (unpaired) electrons. The number of carboxylic acid groups (broad SMARTS) is 1. The Morgan fingerprint density at radius 1 is 1.21 bits per heavy atom. The van der Waals surface area contributed by atoms with E-state index in [0.717, 1.165) is 50.7 Å². The van der Waals surface area contributed by atoms with Gasteiger partial charge in [0.25, 0.3) is 0 Å². The summed E-state index contributed by atoms with van der Waals surface area (Å²) in [6.07, 6.45) is -0.621. The van der Waals surface area contributed by atoms with E-state index in [1.165, 1.54) is 24.9 Å². The zero-order valence-electron chi connectivity index (χ0n) is 19.2. The standard InChI is InChI=1S/C22H32N2O2.C2HF3O2/c1-17-5-3-4-6-19(17)11-21(25)24-10-9-22(16-24)15-23(12-18-7-8-18)13-20(22)14-26-2;3-2(4,5)1(6)7/h3-6,18,20H,7-16H2,1-2H3;(H,6,7)/t20-,22-;/m1./s1. The predicted molar refractivity (Wildman–Crippen MR) is 117 cm³/mol. The molecule has 6 nitrogen and oxygen atoms in total. The number of amides is 1. The molecule has 33 heavy (non-hydrogen) atoms. The van der Waals surface area contributed by atoms with Crippen molar-refractivity contribution in [3.05, 3.63) is 35.4 Å². The molecule has 1 aromatic carbocycles. The van der Waals surface area contributed by atoms with E-state index in [0.29, 0.717) is 12.3 Å². The van der Waals surface area contributed by atoms with Gasteiger partial charge in [-0.25, -0.2) is 4.79 Å². The Hall–Kier alpha value is -2.13. The van der Waals surface area contributed by atoms with E-state index >= 15 is 0 Å². The molecule has 1 saturated carbocycles. The molecule has 1 N–H and O–H groups in total. The van der Waals surface area contributed by atoms with Crippen molar-refractivity contribution in [2.45, 2.75) is 38.8 Å². The summed E-state index contributed by atoms with van der Waals surface area (Å²) < 4.78 is 37.3. The number of carboxylic acids is 1. The number of methoxy groups -OCH3 is 1. The van der Waals surface area contributed by atoms with Crippen LogP contribution in [0.3, 0.4) is 0 Å². The van der Waals surface area contributed by atoms with Crippen LogP contribution in [0.2, 0.25) is 0 Å². The Morgan fingerprint density at radius 3 is 2.45 bits per heavy atom. The molecular weight excluding hydrogens is 437 g/mol. The van der Waals surface area contributed by atoms with Crippen molar-refractivity contribution in [1.82, 2.24) is 9.80 Å². The molecular formula is C24H33F3N2O4. The van der Waals surface area contributed by atoms with E-state index in [-0.39, 0.29) is 11.3 Å². The molecule has 9 heteroatoms. The van der Waals surface area contributed by atoms with E-state index in [4.69, 9.17) is 14.6 Å². The molecule has 184 valence electrons. The van der Waals surface area contributed by atoms with Crippen LogP contribution in [0.1, 0.15) is 30.4 Å². The zero-order valence-corrected chi connectivity index (χ0v) is 19.2. The highest BCUT2D eigenvalue weighted by Crippen LogP contribution is 2.45. The summed E-state index contributed by atoms with van der Waals surface area (Å²) in [4.78, 5) is 26.6. The van der Waals surface area contributed by atoms with Crippen LogP contribution < -0.4 is 0 Å². The third-order valence-corrected chi connectivity index (χ3v) is 7.05. The predicted octanol–water partition coefficient (Wildman–Crippen LogP) is 3.38. The Balaban J connectivity index is 0.000000383. The third kappa shape index (κ3) is 6.69. The third-order valence-electron chi connectivity index (χ3n) is 7.05. The first-order chi connectivity index (χ1) is 15.5. The Bertz CT molecular complexity index is 843. The van der Waals surface area contributed by atoms with Crippen molar-refractivity contribution >= 4 is 11.9 Å². The lowest BCUT2D eigenvalue weighted by molar-refractivity contribution is -0.192. The normalized spacial score (nSPS) is 25.2. The van der Waals surface area contributed by atoms with E-state index < -0.39 is 12.1 Å². The number of likely N-dealkylation sites (tertiary alicyclic amines) is 2. The van der Waals surface area contributed by atoms with Crippen LogP contribution in [0.4, 0.5) is 13.2 Å². The number of carbonyl (C=O) groups excluding carboxylic acids is 1. The lowest BCUT2D eigenvalue weighted by Gasteiger charge is -2.30. The van der Waals surface area contributed by atoms with Gasteiger partial charge in [0.05, 0.1) is 13.0 Å². The lowest BCUT2D eigenvalue weighted by Crippen LogP contribution is -2.38. The van der Waals surface area contributed by atoms with Crippen LogP contribution in [0.25, 0.3) is 0 Å². The maximum atomic E-state index is 12.9. The first-order valence-corrected chi connectivity index (χ1v) is 11.4. The van der Waals surface area contributed by atoms with Crippen molar-refractivity contribution < 1.29 is 32.6 Å². The van der Waals surface area contributed by atoms with Gasteiger partial charge in [0, 0.05) is 51.2 Å². The van der Waals surface area contributed by atoms with E-state index in [1.807, 2.05) is 19.2 Å². The summed E-state index contributed by atoms with van der Waals surface area (Å²) in [5, 5.41) is 7.12. The molecule has 0 aromatic heterocycles. The largest absolute Gasteiger partial charge is 0.490 e. The molecule has 4 rings (SSSR count). The summed E-state index contributed by atoms with van der Waals surface area (Å²) in [5.41, 5.74) is 2.61. The molecule has 2 atom stereocenters. The molecule has 2 saturated heterocycles. The van der Waals surface area contributed by atoms with Crippen molar-refractivity contribution in [1.29, 1.82) is 0 Å². The first kappa shape index (κ1) is 25.5. The summed E-state index contributed by atoms with van der Waals surface area (Å²) >= 11 is 0. The number of hydrogen-bond acceptors (Lipinski definition) is 4. The second-order valence-corrected chi connectivity index (χ2v) is 9.62. The topological polar surface area (TPSA) is 70.1 Å². The van der Waals surface area contributed by atoms with Gasteiger partial charge in [0.2, 0.25) is 5.91 Å². The van der Waals surface area contributed by atoms with Gasteiger partial charge in [0.1, 0.15) is 0 Å². The van der Waals surface area contributed by atoms with Gasteiger partial charge < -0.3 is 19.6 Å². The second-order valence-electron chi connectivity index (χ2n) is 9.62. The molecule has 1 spiro atoms. The van der Waals surface area contributed by atoms with E-state index in [2.05, 4.69) is 28.9 Å². The summed E-state index contributed by atoms with van der Waals surface area (Å²) in [5.74, 6) is -0.989. The minimum absolute atomic E-state index is 0.242. The van der Waals surface area contributed by atoms with Crippen LogP contribution in [-0.4, -0.2) is 79.4 Å². The number of benzene rings is 1. The average molecular weight is 471 g/mol. The number of hydrogen-bond donors (Lipinski definition) is 1. The average Bonchev–Trinajstić information content (AvgIpc) is 3.35. The maximum absolute atomic E-state index is 12.9. The number of aliphatic carboxylic acids is 1. The van der Waals surface area contributed by atoms with Gasteiger partial charge in [-0.15, -0.1) is 0 Å². The lowest BCUT2D eigenvalue weighted by atomic mass is 9.77. The maximum Gasteiger partial charge on any atom is 0.490 e. The molecule has 0 bridgehead atoms. The highest BCUT2D eigenvalue weighted by Gasteiger charge is 2.51. The van der Waals surface area contributed by atoms with Crippen molar-refractivity contribution in [3.63, 3.8) is 0 Å². The molecule has 1 amide bonds. The van der Waals surface area contributed by atoms with E-state index in [1.54, 1.807) is 0 Å². The van der Waals surface area contributed by atoms with Gasteiger partial charge in [-0.05, 0) is 43.2 Å². The van der Waals surface area contributed by atoms with Gasteiger partial charge in [0.15, 0.2) is 0 Å². The molecule has 3 aliphatic rings. The minimum Gasteiger partial charge on any atom is -0.475 e. The molecule has 1 aliphatic carbocycles. The number of aryl methyl sites for hydroxylation is 1. The summed E-state index contributed by atoms with van der Waals surface area (Å²) in [6, 6.07) is 8.24. The fourth-order valence-corrected chi connectivity index (χ4v) is 5.03. The molecule has 2 heterocycles. The number of alkyl halides is 3. The number of nitrogens with zero attached hydrogens (tertiary/aromatic N) is 2. The van der Waals surface area contributed by atoms with Crippen molar-refractivity contribution in [2.75, 3.05) is 46.4 Å². The summed E-state index contributed by atoms with van der Waals surface area (Å²) in [7, 11) is 1.81. The fraction of sp³-hybridized carbons (Fsp3) is 0.667. The van der Waals surface area contributed by atoms with Gasteiger partial charge in [-0.2, -0.15) is 13.2 Å². The highest BCUT2D eigenvalue weighted by atomic mass is 19.4. The van der Waals surface area contributed by atoms with Crippen LogP contribution in [-0.2, 0) is 20.7 Å². The van der Waals surface area contributed by atoms with Gasteiger partial charge in [-0.1, -0.05) is 24.3 Å². The second kappa shape index (κ2) is 10.4. The van der Waals surface area contributed by atoms with Crippen LogP contribution >= 0.6 is 0 Å². The summed E-state index contributed by atoms with van der Waals surface area (Å²) in [6.45, 7) is 8.26. The van der Waals surface area contributed by atoms with Gasteiger partial charge in [-0.3, -0.25) is 4.79 Å². The van der Waals surface area contributed by atoms with Gasteiger partial charge >= 0.3 is 12.1 Å². The molecule has 3 fully saturated rings. The molecule has 2 aliphatic heterocycles. The van der Waals surface area contributed by atoms with Crippen molar-refractivity contribution in [3.8, 4) is 0 Å². The Kier molecular flexibility index (Phi) is 8.05. The highest BCUT2D eigenvalue weighted by molar-refractivity contribution is 5.79. The fourth-order valence-electron chi connectivity index (χ4n) is 5.03. The van der Waals surface area contributed by atoms with Crippen LogP contribution in [0.15, 0.2) is 24.3 Å². The van der Waals surface area contributed by atoms with Crippen LogP contribution in [0, 0.1) is 24.2 Å². The molecule has 1 aromatic rings. The number of halogens is 3. The van der Waals surface area contributed by atoms with E-state index in [9.17, 15) is 18.0 Å². The monoisotopic (exact) mass is 470 g/mol. The number of ether oxygens (including phenoxy) is 1. The first-order valence-electron chi connectivity index (χ1n) is 11.4.